The van der Waals surface area contributed by atoms with Gasteiger partial charge < -0.3 is 28.7 Å². The molecule has 0 bridgehead atoms. The molecule has 2 aliphatic heterocycles. The number of piperazine rings is 1. The van der Waals surface area contributed by atoms with Crippen LogP contribution in [0.4, 0.5) is 11.4 Å². The van der Waals surface area contributed by atoms with E-state index in [2.05, 4.69) is 19.5 Å². The van der Waals surface area contributed by atoms with Crippen molar-refractivity contribution in [3.63, 3.8) is 0 Å². The number of esters is 2. The molecular formula is C33H37N5O9S. The number of hydrogen-bond donors (Lipinski definition) is 0. The number of ether oxygens (including phenoxy) is 4. The van der Waals surface area contributed by atoms with Crippen molar-refractivity contribution >= 4 is 40.7 Å². The Balaban J connectivity index is 1.68. The molecule has 3 aromatic rings. The monoisotopic (exact) mass is 679 g/mol. The molecule has 0 saturated carbocycles. The van der Waals surface area contributed by atoms with Crippen molar-refractivity contribution in [1.29, 1.82) is 0 Å². The number of likely N-dealkylation sites (N-methyl/N-ethyl adjacent to an activating group) is 1. The fourth-order valence-corrected chi connectivity index (χ4v) is 6.67. The number of non-ortho nitro benzene ring substituents is 1. The maximum absolute atomic E-state index is 14.3. The molecule has 2 aromatic carbocycles. The summed E-state index contributed by atoms with van der Waals surface area (Å²) < 4.78 is 23.3. The van der Waals surface area contributed by atoms with Gasteiger partial charge in [0.2, 0.25) is 0 Å². The lowest BCUT2D eigenvalue weighted by molar-refractivity contribution is -0.384. The molecular weight excluding hydrogens is 642 g/mol. The van der Waals surface area contributed by atoms with E-state index in [9.17, 15) is 24.5 Å². The van der Waals surface area contributed by atoms with E-state index in [1.54, 1.807) is 51.1 Å². The second-order valence-electron chi connectivity index (χ2n) is 11.1. The summed E-state index contributed by atoms with van der Waals surface area (Å²) in [6, 6.07) is 8.65. The van der Waals surface area contributed by atoms with Crippen molar-refractivity contribution in [3.05, 3.63) is 88.6 Å². The minimum atomic E-state index is -0.946. The zero-order valence-electron chi connectivity index (χ0n) is 27.4. The number of nitrogens with zero attached hydrogens (tertiary/aromatic N) is 5. The van der Waals surface area contributed by atoms with Crippen LogP contribution in [0, 0.1) is 10.1 Å². The fraction of sp³-hybridized carbons (Fsp3) is 0.394. The Morgan fingerprint density at radius 3 is 2.48 bits per heavy atom. The number of nitro groups is 1. The molecule has 1 saturated heterocycles. The molecule has 0 unspecified atom stereocenters. The van der Waals surface area contributed by atoms with Gasteiger partial charge >= 0.3 is 11.9 Å². The summed E-state index contributed by atoms with van der Waals surface area (Å²) in [7, 11) is 3.30. The molecule has 0 radical (unpaired) electrons. The standard InChI is InChI=1S/C33H37N5O9S/c1-6-45-26-17-21(8-11-25(26)47-19-28(39)44-5)30-29(32(41)46-7-2)20(3)34-33-37(30)31(40)27(48-33)18-22-16-23(38(42)43)9-10-24(22)36-14-12-35(4)13-15-36/h8-11,16-18,30H,6-7,12-15,19H2,1-5H3/b27-18-/t30-/m1/s1. The lowest BCUT2D eigenvalue weighted by Crippen LogP contribution is -2.44. The molecule has 1 atom stereocenters. The highest BCUT2D eigenvalue weighted by Gasteiger charge is 2.34. The van der Waals surface area contributed by atoms with Crippen molar-refractivity contribution in [1.82, 2.24) is 9.47 Å². The molecule has 14 nitrogen and oxygen atoms in total. The number of allylic oxidation sites excluding steroid dienone is 1. The summed E-state index contributed by atoms with van der Waals surface area (Å²) in [6.07, 6.45) is 1.65. The second-order valence-corrected chi connectivity index (χ2v) is 12.1. The van der Waals surface area contributed by atoms with Gasteiger partial charge in [0.15, 0.2) is 22.9 Å². The summed E-state index contributed by atoms with van der Waals surface area (Å²) >= 11 is 1.13. The zero-order chi connectivity index (χ0) is 34.5. The quantitative estimate of drug-likeness (QED) is 0.167. The number of aromatic nitrogens is 1. The van der Waals surface area contributed by atoms with Crippen molar-refractivity contribution in [3.8, 4) is 11.5 Å². The first-order chi connectivity index (χ1) is 23.1. The minimum Gasteiger partial charge on any atom is -0.490 e. The predicted octanol–water partition coefficient (Wildman–Crippen LogP) is 2.41. The Morgan fingerprint density at radius 1 is 1.06 bits per heavy atom. The van der Waals surface area contributed by atoms with Gasteiger partial charge in [0.1, 0.15) is 0 Å². The summed E-state index contributed by atoms with van der Waals surface area (Å²) in [6.45, 7) is 8.30. The Kier molecular flexibility index (Phi) is 10.6. The third kappa shape index (κ3) is 7.11. The SMILES string of the molecule is CCOC(=O)C1=C(C)N=c2s/c(=C\c3cc([N+](=O)[O-])ccc3N3CCN(C)CC3)c(=O)n2[C@@H]1c1ccc(OCC(=O)OC)c(OCC)c1. The Hall–Kier alpha value is -5.02. The molecule has 0 N–H and O–H groups in total. The van der Waals surface area contributed by atoms with Gasteiger partial charge in [0, 0.05) is 49.6 Å². The maximum Gasteiger partial charge on any atom is 0.343 e. The van der Waals surface area contributed by atoms with Crippen LogP contribution in [0.25, 0.3) is 6.08 Å². The first-order valence-corrected chi connectivity index (χ1v) is 16.3. The van der Waals surface area contributed by atoms with Crippen molar-refractivity contribution in [2.24, 2.45) is 4.99 Å². The number of hydrogen-bond acceptors (Lipinski definition) is 13. The Labute approximate surface area is 280 Å². The van der Waals surface area contributed by atoms with Gasteiger partial charge in [-0.05, 0) is 57.7 Å². The Bertz CT molecular complexity index is 1940. The third-order valence-corrected chi connectivity index (χ3v) is 9.01. The molecule has 0 amide bonds. The van der Waals surface area contributed by atoms with Crippen LogP contribution < -0.4 is 29.3 Å². The van der Waals surface area contributed by atoms with Gasteiger partial charge in [0.05, 0.1) is 47.1 Å². The fourth-order valence-electron chi connectivity index (χ4n) is 5.63. The van der Waals surface area contributed by atoms with Crippen molar-refractivity contribution in [2.45, 2.75) is 26.8 Å². The van der Waals surface area contributed by atoms with E-state index < -0.39 is 28.5 Å². The van der Waals surface area contributed by atoms with E-state index in [4.69, 9.17) is 14.2 Å². The molecule has 1 fully saturated rings. The second kappa shape index (κ2) is 14.8. The van der Waals surface area contributed by atoms with E-state index in [1.807, 2.05) is 7.05 Å². The third-order valence-electron chi connectivity index (χ3n) is 8.03. The number of carbonyl (C=O) groups excluding carboxylic acids is 2. The highest BCUT2D eigenvalue weighted by atomic mass is 32.1. The molecule has 2 aliphatic rings. The zero-order valence-corrected chi connectivity index (χ0v) is 28.2. The number of anilines is 1. The first kappa shape index (κ1) is 34.3. The number of fused-ring (bicyclic) bond motifs is 1. The summed E-state index contributed by atoms with van der Waals surface area (Å²) in [5.74, 6) is -0.624. The molecule has 15 heteroatoms. The number of nitro benzene ring substituents is 1. The number of benzene rings is 2. The number of carbonyl (C=O) groups is 2. The topological polar surface area (TPSA) is 155 Å². The molecule has 3 heterocycles. The average Bonchev–Trinajstić information content (AvgIpc) is 3.37. The van der Waals surface area contributed by atoms with Gasteiger partial charge in [-0.3, -0.25) is 19.5 Å². The van der Waals surface area contributed by atoms with E-state index in [0.717, 1.165) is 43.2 Å². The highest BCUT2D eigenvalue weighted by molar-refractivity contribution is 7.07. The van der Waals surface area contributed by atoms with E-state index in [0.29, 0.717) is 27.4 Å². The number of rotatable bonds is 11. The Morgan fingerprint density at radius 2 is 1.81 bits per heavy atom. The van der Waals surface area contributed by atoms with Crippen molar-refractivity contribution in [2.75, 3.05) is 65.1 Å². The average molecular weight is 680 g/mol. The molecule has 0 spiro atoms. The van der Waals surface area contributed by atoms with Crippen LogP contribution in [0.1, 0.15) is 37.9 Å². The van der Waals surface area contributed by atoms with Gasteiger partial charge in [0.25, 0.3) is 11.2 Å². The smallest absolute Gasteiger partial charge is 0.343 e. The maximum atomic E-state index is 14.3. The van der Waals surface area contributed by atoms with Crippen LogP contribution in [0.2, 0.25) is 0 Å². The number of methoxy groups -OCH3 is 1. The number of thiazole rings is 1. The molecule has 5 rings (SSSR count). The van der Waals surface area contributed by atoms with Gasteiger partial charge in [-0.2, -0.15) is 0 Å². The predicted molar refractivity (Wildman–Crippen MR) is 178 cm³/mol. The van der Waals surface area contributed by atoms with Crippen LogP contribution in [0.15, 0.2) is 57.5 Å². The lowest BCUT2D eigenvalue weighted by Gasteiger charge is -2.34. The highest BCUT2D eigenvalue weighted by Crippen LogP contribution is 2.36. The lowest BCUT2D eigenvalue weighted by atomic mass is 9.95. The molecule has 48 heavy (non-hydrogen) atoms. The van der Waals surface area contributed by atoms with E-state index >= 15 is 0 Å². The molecule has 1 aromatic heterocycles. The van der Waals surface area contributed by atoms with Gasteiger partial charge in [-0.1, -0.05) is 17.4 Å². The summed E-state index contributed by atoms with van der Waals surface area (Å²) in [5.41, 5.74) is 1.85. The van der Waals surface area contributed by atoms with Crippen LogP contribution in [0.3, 0.4) is 0 Å². The van der Waals surface area contributed by atoms with Crippen LogP contribution in [-0.4, -0.2) is 86.5 Å². The molecule has 254 valence electrons. The van der Waals surface area contributed by atoms with Crippen LogP contribution >= 0.6 is 11.3 Å². The van der Waals surface area contributed by atoms with Crippen LogP contribution in [0.5, 0.6) is 11.5 Å². The largest absolute Gasteiger partial charge is 0.490 e. The van der Waals surface area contributed by atoms with Gasteiger partial charge in [-0.25, -0.2) is 14.6 Å². The normalized spacial score (nSPS) is 16.6. The van der Waals surface area contributed by atoms with Crippen molar-refractivity contribution < 1.29 is 33.5 Å². The van der Waals surface area contributed by atoms with Gasteiger partial charge in [-0.15, -0.1) is 0 Å². The first-order valence-electron chi connectivity index (χ1n) is 15.4. The van der Waals surface area contributed by atoms with E-state index in [1.165, 1.54) is 23.8 Å². The van der Waals surface area contributed by atoms with E-state index in [-0.39, 0.29) is 41.4 Å². The summed E-state index contributed by atoms with van der Waals surface area (Å²) in [5, 5.41) is 11.7. The van der Waals surface area contributed by atoms with Crippen LogP contribution in [-0.2, 0) is 19.1 Å². The molecule has 0 aliphatic carbocycles. The summed E-state index contributed by atoms with van der Waals surface area (Å²) in [4.78, 5) is 60.1. The minimum absolute atomic E-state index is 0.0943.